The molecule has 0 aliphatic carbocycles. The van der Waals surface area contributed by atoms with Crippen molar-refractivity contribution in [2.75, 3.05) is 19.7 Å². The molecule has 1 aromatic rings. The van der Waals surface area contributed by atoms with Crippen LogP contribution in [-0.2, 0) is 4.79 Å². The van der Waals surface area contributed by atoms with Crippen LogP contribution in [0.5, 0.6) is 5.75 Å². The lowest BCUT2D eigenvalue weighted by atomic mass is 10.3. The summed E-state index contributed by atoms with van der Waals surface area (Å²) in [6.45, 7) is 4.32. The molecule has 0 saturated carbocycles. The van der Waals surface area contributed by atoms with Crippen molar-refractivity contribution in [3.8, 4) is 5.75 Å². The van der Waals surface area contributed by atoms with E-state index in [1.807, 2.05) is 6.92 Å². The smallest absolute Gasteiger partial charge is 0.263 e. The first kappa shape index (κ1) is 14.8. The zero-order chi connectivity index (χ0) is 13.5. The summed E-state index contributed by atoms with van der Waals surface area (Å²) in [5.74, 6) is 0.325. The number of likely N-dealkylation sites (N-methyl/N-ethyl adjacent to an activating group) is 1. The molecule has 100 valence electrons. The fourth-order valence-corrected chi connectivity index (χ4v) is 1.76. The van der Waals surface area contributed by atoms with Crippen LogP contribution in [0, 0.1) is 0 Å². The van der Waals surface area contributed by atoms with Crippen LogP contribution < -0.4 is 4.74 Å². The van der Waals surface area contributed by atoms with Crippen molar-refractivity contribution >= 4 is 17.5 Å². The van der Waals surface area contributed by atoms with E-state index in [0.717, 1.165) is 0 Å². The lowest BCUT2D eigenvalue weighted by Gasteiger charge is -2.24. The number of carbonyl (C=O) groups excluding carboxylic acids is 1. The van der Waals surface area contributed by atoms with Crippen LogP contribution in [0.15, 0.2) is 24.3 Å². The number of aliphatic hydroxyl groups is 1. The number of nitrogens with zero attached hydrogens (tertiary/aromatic N) is 1. The Hall–Kier alpha value is -1.26. The van der Waals surface area contributed by atoms with Crippen molar-refractivity contribution < 1.29 is 14.6 Å². The minimum absolute atomic E-state index is 0.0571. The largest absolute Gasteiger partial charge is 0.479 e. The van der Waals surface area contributed by atoms with Crippen molar-refractivity contribution in [1.29, 1.82) is 0 Å². The Morgan fingerprint density at radius 1 is 1.50 bits per heavy atom. The van der Waals surface area contributed by atoms with Crippen LogP contribution in [0.2, 0.25) is 5.02 Å². The lowest BCUT2D eigenvalue weighted by Crippen LogP contribution is -2.41. The van der Waals surface area contributed by atoms with Crippen LogP contribution in [0.3, 0.4) is 0 Å². The first-order chi connectivity index (χ1) is 8.60. The zero-order valence-electron chi connectivity index (χ0n) is 10.6. The highest BCUT2D eigenvalue weighted by Gasteiger charge is 2.21. The number of aliphatic hydroxyl groups excluding tert-OH is 1. The molecular formula is C13H18ClNO3. The van der Waals surface area contributed by atoms with Gasteiger partial charge < -0.3 is 14.7 Å². The highest BCUT2D eigenvalue weighted by Crippen LogP contribution is 2.24. The van der Waals surface area contributed by atoms with Gasteiger partial charge in [0.25, 0.3) is 5.91 Å². The number of benzene rings is 1. The van der Waals surface area contributed by atoms with Gasteiger partial charge in [-0.3, -0.25) is 4.79 Å². The number of hydrogen-bond acceptors (Lipinski definition) is 3. The Balaban J connectivity index is 2.67. The van der Waals surface area contributed by atoms with Crippen LogP contribution in [0.4, 0.5) is 0 Å². The Morgan fingerprint density at radius 2 is 2.17 bits per heavy atom. The van der Waals surface area contributed by atoms with Gasteiger partial charge in [0.05, 0.1) is 11.6 Å². The molecule has 18 heavy (non-hydrogen) atoms. The summed E-state index contributed by atoms with van der Waals surface area (Å²) >= 11 is 5.96. The second-order valence-corrected chi connectivity index (χ2v) is 4.24. The van der Waals surface area contributed by atoms with E-state index in [1.165, 1.54) is 0 Å². The molecule has 1 amide bonds. The molecule has 0 aliphatic rings. The molecule has 0 radical (unpaired) electrons. The molecule has 1 aromatic carbocycles. The van der Waals surface area contributed by atoms with Crippen LogP contribution in [0.1, 0.15) is 13.8 Å². The van der Waals surface area contributed by atoms with Crippen molar-refractivity contribution in [2.45, 2.75) is 20.0 Å². The topological polar surface area (TPSA) is 49.8 Å². The number of hydrogen-bond donors (Lipinski definition) is 1. The molecule has 1 N–H and O–H groups in total. The zero-order valence-corrected chi connectivity index (χ0v) is 11.4. The van der Waals surface area contributed by atoms with E-state index in [9.17, 15) is 4.79 Å². The average Bonchev–Trinajstić information content (AvgIpc) is 2.37. The number of carbonyl (C=O) groups is 1. The van der Waals surface area contributed by atoms with E-state index in [2.05, 4.69) is 0 Å². The van der Waals surface area contributed by atoms with E-state index in [4.69, 9.17) is 21.4 Å². The number of para-hydroxylation sites is 1. The molecule has 0 heterocycles. The van der Waals surface area contributed by atoms with Crippen LogP contribution in [0.25, 0.3) is 0 Å². The minimum Gasteiger partial charge on any atom is -0.479 e. The molecular weight excluding hydrogens is 254 g/mol. The Bertz CT molecular complexity index is 398. The summed E-state index contributed by atoms with van der Waals surface area (Å²) in [5.41, 5.74) is 0. The minimum atomic E-state index is -0.628. The van der Waals surface area contributed by atoms with Crippen LogP contribution >= 0.6 is 11.6 Å². The predicted octanol–water partition coefficient (Wildman–Crippen LogP) is 1.95. The molecule has 1 atom stereocenters. The predicted molar refractivity (Wildman–Crippen MR) is 70.9 cm³/mol. The van der Waals surface area contributed by atoms with Gasteiger partial charge in [-0.05, 0) is 26.0 Å². The molecule has 0 bridgehead atoms. The molecule has 0 saturated heterocycles. The molecule has 1 rings (SSSR count). The number of halogens is 1. The highest BCUT2D eigenvalue weighted by molar-refractivity contribution is 6.32. The Labute approximate surface area is 112 Å². The van der Waals surface area contributed by atoms with Gasteiger partial charge in [0.2, 0.25) is 0 Å². The van der Waals surface area contributed by atoms with Crippen molar-refractivity contribution in [1.82, 2.24) is 4.90 Å². The lowest BCUT2D eigenvalue weighted by molar-refractivity contribution is -0.138. The normalized spacial score (nSPS) is 12.0. The van der Waals surface area contributed by atoms with Crippen molar-refractivity contribution in [2.24, 2.45) is 0 Å². The Kier molecular flexibility index (Phi) is 5.95. The van der Waals surface area contributed by atoms with Gasteiger partial charge in [0.1, 0.15) is 5.75 Å². The average molecular weight is 272 g/mol. The fraction of sp³-hybridized carbons (Fsp3) is 0.462. The molecule has 0 aliphatic heterocycles. The van der Waals surface area contributed by atoms with Crippen molar-refractivity contribution in [3.63, 3.8) is 0 Å². The van der Waals surface area contributed by atoms with Gasteiger partial charge in [-0.25, -0.2) is 0 Å². The van der Waals surface area contributed by atoms with E-state index < -0.39 is 6.10 Å². The van der Waals surface area contributed by atoms with Gasteiger partial charge in [-0.15, -0.1) is 0 Å². The molecule has 4 nitrogen and oxygen atoms in total. The SMILES string of the molecule is CCN(CCO)C(=O)[C@@H](C)Oc1ccccc1Cl. The molecule has 5 heteroatoms. The first-order valence-electron chi connectivity index (χ1n) is 5.91. The van der Waals surface area contributed by atoms with E-state index in [0.29, 0.717) is 23.9 Å². The summed E-state index contributed by atoms with van der Waals surface area (Å²) < 4.78 is 5.53. The first-order valence-corrected chi connectivity index (χ1v) is 6.28. The maximum Gasteiger partial charge on any atom is 0.263 e. The highest BCUT2D eigenvalue weighted by atomic mass is 35.5. The number of amides is 1. The summed E-state index contributed by atoms with van der Waals surface area (Å²) in [4.78, 5) is 13.6. The summed E-state index contributed by atoms with van der Waals surface area (Å²) in [6, 6.07) is 7.02. The third-order valence-electron chi connectivity index (χ3n) is 2.55. The summed E-state index contributed by atoms with van der Waals surface area (Å²) in [6.07, 6.45) is -0.628. The fourth-order valence-electron chi connectivity index (χ4n) is 1.58. The number of ether oxygens (including phenoxy) is 1. The van der Waals surface area contributed by atoms with E-state index in [1.54, 1.807) is 36.1 Å². The standard InChI is InChI=1S/C13H18ClNO3/c1-3-15(8-9-16)13(17)10(2)18-12-7-5-4-6-11(12)14/h4-7,10,16H,3,8-9H2,1-2H3/t10-/m1/s1. The molecule has 0 unspecified atom stereocenters. The second-order valence-electron chi connectivity index (χ2n) is 3.83. The quantitative estimate of drug-likeness (QED) is 0.860. The maximum absolute atomic E-state index is 12.0. The third kappa shape index (κ3) is 3.89. The monoisotopic (exact) mass is 271 g/mol. The van der Waals surface area contributed by atoms with E-state index in [-0.39, 0.29) is 12.5 Å². The van der Waals surface area contributed by atoms with Gasteiger partial charge in [0.15, 0.2) is 6.10 Å². The van der Waals surface area contributed by atoms with Gasteiger partial charge in [-0.2, -0.15) is 0 Å². The summed E-state index contributed by atoms with van der Waals surface area (Å²) in [7, 11) is 0. The van der Waals surface area contributed by atoms with Gasteiger partial charge in [-0.1, -0.05) is 23.7 Å². The summed E-state index contributed by atoms with van der Waals surface area (Å²) in [5, 5.41) is 9.35. The van der Waals surface area contributed by atoms with Crippen LogP contribution in [-0.4, -0.2) is 41.7 Å². The van der Waals surface area contributed by atoms with Gasteiger partial charge in [0, 0.05) is 13.1 Å². The molecule has 0 spiro atoms. The van der Waals surface area contributed by atoms with Gasteiger partial charge >= 0.3 is 0 Å². The number of rotatable bonds is 6. The third-order valence-corrected chi connectivity index (χ3v) is 2.86. The second kappa shape index (κ2) is 7.24. The molecule has 0 fully saturated rings. The molecule has 0 aromatic heterocycles. The van der Waals surface area contributed by atoms with E-state index >= 15 is 0 Å². The Morgan fingerprint density at radius 3 is 2.72 bits per heavy atom. The maximum atomic E-state index is 12.0. The van der Waals surface area contributed by atoms with Crippen molar-refractivity contribution in [3.05, 3.63) is 29.3 Å².